The van der Waals surface area contributed by atoms with Gasteiger partial charge in [0, 0.05) is 43.5 Å². The van der Waals surface area contributed by atoms with Crippen LogP contribution in [-0.2, 0) is 0 Å². The van der Waals surface area contributed by atoms with Crippen LogP contribution in [0.5, 0.6) is 0 Å². The van der Waals surface area contributed by atoms with Gasteiger partial charge in [-0.25, -0.2) is 0 Å². The van der Waals surface area contributed by atoms with Crippen molar-refractivity contribution in [1.82, 2.24) is 9.55 Å². The van der Waals surface area contributed by atoms with Crippen LogP contribution in [0.2, 0.25) is 0 Å². The maximum Gasteiger partial charge on any atom is 0.146 e. The predicted octanol–water partition coefficient (Wildman–Crippen LogP) is 11.9. The number of H-pyrrole nitrogens is 1. The van der Waals surface area contributed by atoms with E-state index in [0.717, 1.165) is 93.5 Å². The molecule has 11 aromatic rings. The van der Waals surface area contributed by atoms with E-state index in [9.17, 15) is 0 Å². The van der Waals surface area contributed by atoms with E-state index in [1.54, 1.807) is 0 Å². The van der Waals surface area contributed by atoms with E-state index in [2.05, 4.69) is 131 Å². The van der Waals surface area contributed by atoms with Gasteiger partial charge in [0.1, 0.15) is 22.3 Å². The summed E-state index contributed by atoms with van der Waals surface area (Å²) in [5.74, 6) is 0. The van der Waals surface area contributed by atoms with Gasteiger partial charge in [-0.15, -0.1) is 0 Å². The topological polar surface area (TPSA) is 47.0 Å². The molecule has 0 spiro atoms. The lowest BCUT2D eigenvalue weighted by molar-refractivity contribution is 0.672. The Morgan fingerprint density at radius 3 is 1.96 bits per heavy atom. The Hall–Kier alpha value is -6.26. The number of aromatic amines is 1. The molecular formula is C42H24N2O2. The molecule has 1 N–H and O–H groups in total. The molecule has 0 aliphatic rings. The van der Waals surface area contributed by atoms with Crippen LogP contribution in [-0.4, -0.2) is 9.55 Å². The van der Waals surface area contributed by atoms with Crippen molar-refractivity contribution in [3.63, 3.8) is 0 Å². The predicted molar refractivity (Wildman–Crippen MR) is 190 cm³/mol. The van der Waals surface area contributed by atoms with Crippen molar-refractivity contribution in [3.8, 4) is 16.8 Å². The van der Waals surface area contributed by atoms with Gasteiger partial charge < -0.3 is 18.4 Å². The molecule has 4 heteroatoms. The highest BCUT2D eigenvalue weighted by Gasteiger charge is 2.21. The fourth-order valence-corrected chi connectivity index (χ4v) is 7.75. The summed E-state index contributed by atoms with van der Waals surface area (Å²) < 4.78 is 15.4. The van der Waals surface area contributed by atoms with Crippen LogP contribution in [0.3, 0.4) is 0 Å². The lowest BCUT2D eigenvalue weighted by Crippen LogP contribution is -1.93. The first kappa shape index (κ1) is 24.1. The molecule has 4 aromatic heterocycles. The number of aromatic nitrogens is 2. The smallest absolute Gasteiger partial charge is 0.146 e. The molecule has 46 heavy (non-hydrogen) atoms. The molecule has 11 rings (SSSR count). The molecule has 0 bridgehead atoms. The number of nitrogens with one attached hydrogen (secondary N) is 1. The Labute approximate surface area is 261 Å². The number of hydrogen-bond donors (Lipinski definition) is 1. The van der Waals surface area contributed by atoms with E-state index >= 15 is 0 Å². The van der Waals surface area contributed by atoms with Gasteiger partial charge in [-0.3, -0.25) is 0 Å². The van der Waals surface area contributed by atoms with Gasteiger partial charge in [-0.2, -0.15) is 0 Å². The number of rotatable bonds is 2. The molecule has 0 saturated heterocycles. The van der Waals surface area contributed by atoms with Gasteiger partial charge >= 0.3 is 0 Å². The van der Waals surface area contributed by atoms with Gasteiger partial charge in [0.15, 0.2) is 0 Å². The third-order valence-corrected chi connectivity index (χ3v) is 9.73. The fourth-order valence-electron chi connectivity index (χ4n) is 7.75. The van der Waals surface area contributed by atoms with Crippen molar-refractivity contribution in [2.75, 3.05) is 0 Å². The third-order valence-electron chi connectivity index (χ3n) is 9.73. The summed E-state index contributed by atoms with van der Waals surface area (Å²) >= 11 is 0. The summed E-state index contributed by atoms with van der Waals surface area (Å²) in [5.41, 5.74) is 11.5. The lowest BCUT2D eigenvalue weighted by atomic mass is 9.96. The third kappa shape index (κ3) is 3.07. The van der Waals surface area contributed by atoms with Crippen LogP contribution in [0.4, 0.5) is 0 Å². The largest absolute Gasteiger partial charge is 0.455 e. The quantitative estimate of drug-likeness (QED) is 0.218. The Morgan fingerprint density at radius 2 is 1.11 bits per heavy atom. The summed E-state index contributed by atoms with van der Waals surface area (Å²) in [4.78, 5) is 3.65. The van der Waals surface area contributed by atoms with Gasteiger partial charge in [-0.1, -0.05) is 84.9 Å². The van der Waals surface area contributed by atoms with Gasteiger partial charge in [0.2, 0.25) is 0 Å². The molecular weight excluding hydrogens is 564 g/mol. The maximum absolute atomic E-state index is 6.60. The van der Waals surface area contributed by atoms with Crippen molar-refractivity contribution in [3.05, 3.63) is 140 Å². The van der Waals surface area contributed by atoms with Crippen LogP contribution >= 0.6 is 0 Å². The van der Waals surface area contributed by atoms with Crippen LogP contribution < -0.4 is 0 Å². The van der Waals surface area contributed by atoms with Crippen LogP contribution in [0, 0.1) is 0 Å². The molecule has 4 nitrogen and oxygen atoms in total. The second-order valence-electron chi connectivity index (χ2n) is 12.2. The van der Waals surface area contributed by atoms with Crippen molar-refractivity contribution in [2.45, 2.75) is 0 Å². The first-order chi connectivity index (χ1) is 22.8. The molecule has 0 aliphatic carbocycles. The zero-order valence-electron chi connectivity index (χ0n) is 24.5. The standard InChI is InChI=1S/C42H24N2O2/c1-5-13-32-28(10-1)39-33(43-32)23-31(38-30-12-4-8-16-37(30)46-42(38)39)24-17-19-25(20-18-24)44-34-14-6-2-11-29(34)40-35(44)22-21-27-26-9-3-7-15-36(26)45-41(27)40/h1-23,43H. The second-order valence-corrected chi connectivity index (χ2v) is 12.2. The SMILES string of the molecule is c1ccc2c(c1)[nH]c1cc(-c3ccc(-n4c5ccccc5c5c6oc7ccccc7c6ccc54)cc3)c3c4ccccc4oc3c12. The molecule has 0 amide bonds. The molecule has 0 atom stereocenters. The molecule has 0 fully saturated rings. The average molecular weight is 589 g/mol. The highest BCUT2D eigenvalue weighted by Crippen LogP contribution is 2.44. The Morgan fingerprint density at radius 1 is 0.435 bits per heavy atom. The summed E-state index contributed by atoms with van der Waals surface area (Å²) in [6.07, 6.45) is 0. The summed E-state index contributed by atoms with van der Waals surface area (Å²) in [7, 11) is 0. The van der Waals surface area contributed by atoms with E-state index < -0.39 is 0 Å². The van der Waals surface area contributed by atoms with E-state index in [-0.39, 0.29) is 0 Å². The van der Waals surface area contributed by atoms with Gasteiger partial charge in [0.05, 0.1) is 27.3 Å². The monoisotopic (exact) mass is 588 g/mol. The summed E-state index contributed by atoms with van der Waals surface area (Å²) in [6, 6.07) is 49.4. The van der Waals surface area contributed by atoms with E-state index in [1.807, 2.05) is 18.2 Å². The van der Waals surface area contributed by atoms with Gasteiger partial charge in [-0.05, 0) is 65.7 Å². The molecule has 0 aliphatic heterocycles. The van der Waals surface area contributed by atoms with Crippen LogP contribution in [0.1, 0.15) is 0 Å². The summed E-state index contributed by atoms with van der Waals surface area (Å²) in [6.45, 7) is 0. The molecule has 4 heterocycles. The highest BCUT2D eigenvalue weighted by molar-refractivity contribution is 6.27. The summed E-state index contributed by atoms with van der Waals surface area (Å²) in [5, 5.41) is 9.19. The number of hydrogen-bond acceptors (Lipinski definition) is 2. The fraction of sp³-hybridized carbons (Fsp3) is 0. The minimum Gasteiger partial charge on any atom is -0.455 e. The van der Waals surface area contributed by atoms with Crippen LogP contribution in [0.25, 0.3) is 104 Å². The van der Waals surface area contributed by atoms with Crippen molar-refractivity contribution in [1.29, 1.82) is 0 Å². The van der Waals surface area contributed by atoms with E-state index in [1.165, 1.54) is 10.8 Å². The average Bonchev–Trinajstić information content (AvgIpc) is 3.86. The second kappa shape index (κ2) is 8.68. The number of nitrogens with zero attached hydrogens (tertiary/aromatic N) is 1. The molecule has 0 unspecified atom stereocenters. The number of benzene rings is 7. The minimum absolute atomic E-state index is 0.898. The van der Waals surface area contributed by atoms with Crippen LogP contribution in [0.15, 0.2) is 148 Å². The normalized spacial score (nSPS) is 12.3. The lowest BCUT2D eigenvalue weighted by Gasteiger charge is -2.10. The van der Waals surface area contributed by atoms with E-state index in [4.69, 9.17) is 8.83 Å². The molecule has 0 saturated carbocycles. The van der Waals surface area contributed by atoms with Gasteiger partial charge in [0.25, 0.3) is 0 Å². The Bertz CT molecular complexity index is 3020. The van der Waals surface area contributed by atoms with Crippen molar-refractivity contribution < 1.29 is 8.83 Å². The Kier molecular flexibility index (Phi) is 4.55. The maximum atomic E-state index is 6.60. The molecule has 7 aromatic carbocycles. The zero-order valence-corrected chi connectivity index (χ0v) is 24.5. The van der Waals surface area contributed by atoms with Crippen molar-refractivity contribution >= 4 is 87.5 Å². The highest BCUT2D eigenvalue weighted by atomic mass is 16.3. The first-order valence-electron chi connectivity index (χ1n) is 15.6. The first-order valence-corrected chi connectivity index (χ1v) is 15.6. The molecule has 0 radical (unpaired) electrons. The zero-order chi connectivity index (χ0) is 29.9. The molecule has 214 valence electrons. The van der Waals surface area contributed by atoms with Crippen molar-refractivity contribution in [2.24, 2.45) is 0 Å². The number of furan rings is 2. The minimum atomic E-state index is 0.898. The number of fused-ring (bicyclic) bond motifs is 14. The number of para-hydroxylation sites is 4. The van der Waals surface area contributed by atoms with E-state index in [0.29, 0.717) is 0 Å². The Balaban J connectivity index is 1.16.